The van der Waals surface area contributed by atoms with Crippen molar-refractivity contribution in [2.45, 2.75) is 66.2 Å². The molecule has 1 atom stereocenters. The van der Waals surface area contributed by atoms with E-state index in [2.05, 4.69) is 29.9 Å². The van der Waals surface area contributed by atoms with Gasteiger partial charge in [-0.1, -0.05) is 26.7 Å². The van der Waals surface area contributed by atoms with Crippen LogP contribution in [0, 0.1) is 13.8 Å². The maximum atomic E-state index is 13.1. The molecular weight excluding hydrogens is 374 g/mol. The van der Waals surface area contributed by atoms with Gasteiger partial charge in [-0.2, -0.15) is 9.78 Å². The van der Waals surface area contributed by atoms with Gasteiger partial charge in [0, 0.05) is 31.3 Å². The van der Waals surface area contributed by atoms with Gasteiger partial charge in [-0.3, -0.25) is 4.79 Å². The molecule has 2 heterocycles. The lowest BCUT2D eigenvalue weighted by Gasteiger charge is -2.17. The summed E-state index contributed by atoms with van der Waals surface area (Å²) in [6.07, 6.45) is 4.28. The van der Waals surface area contributed by atoms with Gasteiger partial charge in [0.2, 0.25) is 0 Å². The quantitative estimate of drug-likeness (QED) is 0.651. The second kappa shape index (κ2) is 8.94. The number of hydrogen-bond acceptors (Lipinski definition) is 5. The summed E-state index contributed by atoms with van der Waals surface area (Å²) in [6.45, 7) is 10.2. The Morgan fingerprint density at radius 2 is 1.90 bits per heavy atom. The van der Waals surface area contributed by atoms with Gasteiger partial charge in [0.05, 0.1) is 17.1 Å². The van der Waals surface area contributed by atoms with Crippen LogP contribution in [0.5, 0.6) is 0 Å². The van der Waals surface area contributed by atoms with Crippen molar-refractivity contribution in [3.63, 3.8) is 0 Å². The molecule has 1 aliphatic heterocycles. The van der Waals surface area contributed by atoms with E-state index in [-0.39, 0.29) is 11.5 Å². The van der Waals surface area contributed by atoms with Gasteiger partial charge in [0.1, 0.15) is 5.71 Å². The minimum atomic E-state index is -0.0887. The highest BCUT2D eigenvalue weighted by atomic mass is 16.1. The van der Waals surface area contributed by atoms with Gasteiger partial charge in [0.25, 0.3) is 5.56 Å². The third-order valence-electron chi connectivity index (χ3n) is 5.84. The molecule has 1 aliphatic rings. The molecule has 1 aromatic carbocycles. The number of rotatable bonds is 7. The molecule has 6 nitrogen and oxygen atoms in total. The Morgan fingerprint density at radius 1 is 1.17 bits per heavy atom. The number of aromatic nitrogens is 2. The van der Waals surface area contributed by atoms with Crippen LogP contribution in [0.2, 0.25) is 0 Å². The first-order valence-electron chi connectivity index (χ1n) is 10.8. The third kappa shape index (κ3) is 4.09. The fourth-order valence-corrected chi connectivity index (χ4v) is 3.89. The van der Waals surface area contributed by atoms with E-state index in [4.69, 9.17) is 9.98 Å². The number of aliphatic imine (C=N–C) groups is 1. The Morgan fingerprint density at radius 3 is 2.50 bits per heavy atom. The van der Waals surface area contributed by atoms with Crippen LogP contribution in [0.1, 0.15) is 75.0 Å². The predicted molar refractivity (Wildman–Crippen MR) is 126 cm³/mol. The lowest BCUT2D eigenvalue weighted by Crippen LogP contribution is -2.26. The van der Waals surface area contributed by atoms with Crippen LogP contribution in [-0.2, 0) is 0 Å². The molecule has 2 aromatic rings. The van der Waals surface area contributed by atoms with E-state index in [0.29, 0.717) is 22.8 Å². The second-order valence-corrected chi connectivity index (χ2v) is 8.32. The molecule has 0 saturated heterocycles. The Hall–Kier alpha value is -2.76. The fraction of sp³-hybridized carbons (Fsp3) is 0.500. The van der Waals surface area contributed by atoms with E-state index in [0.717, 1.165) is 48.3 Å². The zero-order valence-corrected chi connectivity index (χ0v) is 19.3. The number of unbranched alkanes of at least 4 members (excludes halogenated alkanes) is 1. The average molecular weight is 408 g/mol. The maximum absolute atomic E-state index is 13.1. The van der Waals surface area contributed by atoms with Crippen LogP contribution in [-0.4, -0.2) is 35.2 Å². The summed E-state index contributed by atoms with van der Waals surface area (Å²) >= 11 is 0. The molecular formula is C24H33N5O. The summed E-state index contributed by atoms with van der Waals surface area (Å²) in [7, 11) is 4.04. The molecule has 3 rings (SSSR count). The van der Waals surface area contributed by atoms with Gasteiger partial charge in [0.15, 0.2) is 5.82 Å². The zero-order chi connectivity index (χ0) is 22.0. The molecule has 0 spiro atoms. The summed E-state index contributed by atoms with van der Waals surface area (Å²) in [4.78, 5) is 25.0. The van der Waals surface area contributed by atoms with E-state index in [9.17, 15) is 4.79 Å². The van der Waals surface area contributed by atoms with Crippen molar-refractivity contribution in [3.05, 3.63) is 51.2 Å². The first-order chi connectivity index (χ1) is 14.3. The fourth-order valence-electron chi connectivity index (χ4n) is 3.89. The molecule has 0 radical (unpaired) electrons. The van der Waals surface area contributed by atoms with Crippen molar-refractivity contribution in [2.24, 2.45) is 10.1 Å². The van der Waals surface area contributed by atoms with E-state index in [1.54, 1.807) is 0 Å². The molecule has 1 unspecified atom stereocenters. The minimum Gasteiger partial charge on any atom is -0.378 e. The molecule has 30 heavy (non-hydrogen) atoms. The van der Waals surface area contributed by atoms with Crippen molar-refractivity contribution in [3.8, 4) is 0 Å². The Kier molecular flexibility index (Phi) is 6.54. The van der Waals surface area contributed by atoms with Crippen molar-refractivity contribution in [2.75, 3.05) is 19.0 Å². The van der Waals surface area contributed by atoms with E-state index in [1.807, 2.05) is 47.0 Å². The zero-order valence-electron chi connectivity index (χ0n) is 19.3. The largest absolute Gasteiger partial charge is 0.378 e. The molecule has 160 valence electrons. The second-order valence-electron chi connectivity index (χ2n) is 8.32. The molecule has 6 heteroatoms. The number of benzene rings is 1. The van der Waals surface area contributed by atoms with E-state index < -0.39 is 0 Å². The monoisotopic (exact) mass is 407 g/mol. The summed E-state index contributed by atoms with van der Waals surface area (Å²) in [5.74, 6) is 0.843. The molecule has 0 aliphatic carbocycles. The van der Waals surface area contributed by atoms with Crippen LogP contribution < -0.4 is 10.5 Å². The number of nitrogens with zero attached hydrogens (tertiary/aromatic N) is 5. The Bertz CT molecular complexity index is 1060. The van der Waals surface area contributed by atoms with Gasteiger partial charge < -0.3 is 4.90 Å². The highest BCUT2D eigenvalue weighted by molar-refractivity contribution is 6.48. The average Bonchev–Trinajstić information content (AvgIpc) is 3.03. The smallest absolute Gasteiger partial charge is 0.277 e. The Balaban J connectivity index is 2.11. The van der Waals surface area contributed by atoms with Crippen LogP contribution in [0.15, 0.2) is 33.1 Å². The van der Waals surface area contributed by atoms with Gasteiger partial charge in [-0.15, -0.1) is 0 Å². The summed E-state index contributed by atoms with van der Waals surface area (Å²) in [5, 5.41) is 4.47. The van der Waals surface area contributed by atoms with E-state index >= 15 is 0 Å². The topological polar surface area (TPSA) is 62.9 Å². The maximum Gasteiger partial charge on any atom is 0.277 e. The molecule has 0 fully saturated rings. The molecule has 0 saturated carbocycles. The lowest BCUT2D eigenvalue weighted by atomic mass is 9.93. The minimum absolute atomic E-state index is 0.0887. The Labute approximate surface area is 179 Å². The van der Waals surface area contributed by atoms with Crippen molar-refractivity contribution in [1.29, 1.82) is 0 Å². The van der Waals surface area contributed by atoms with Gasteiger partial charge >= 0.3 is 0 Å². The molecule has 1 aromatic heterocycles. The van der Waals surface area contributed by atoms with Gasteiger partial charge in [-0.25, -0.2) is 9.98 Å². The van der Waals surface area contributed by atoms with Crippen LogP contribution in [0.25, 0.3) is 0 Å². The number of aryl methyl sites for hydroxylation is 1. The number of anilines is 1. The highest BCUT2D eigenvalue weighted by Crippen LogP contribution is 2.28. The number of hydrogen-bond donors (Lipinski definition) is 0. The summed E-state index contributed by atoms with van der Waals surface area (Å²) in [6, 6.07) is 6.17. The summed E-state index contributed by atoms with van der Waals surface area (Å²) in [5.41, 5.74) is 5.98. The van der Waals surface area contributed by atoms with Crippen LogP contribution in [0.3, 0.4) is 0 Å². The third-order valence-corrected chi connectivity index (χ3v) is 5.84. The van der Waals surface area contributed by atoms with Crippen LogP contribution >= 0.6 is 0 Å². The lowest BCUT2D eigenvalue weighted by molar-refractivity contribution is 0.548. The predicted octanol–water partition coefficient (Wildman–Crippen LogP) is 4.97. The molecule has 0 amide bonds. The van der Waals surface area contributed by atoms with Crippen molar-refractivity contribution in [1.82, 2.24) is 9.66 Å². The summed E-state index contributed by atoms with van der Waals surface area (Å²) < 4.78 is 1.42. The molecule has 0 bridgehead atoms. The van der Waals surface area contributed by atoms with Crippen LogP contribution in [0.4, 0.5) is 11.4 Å². The van der Waals surface area contributed by atoms with Gasteiger partial charge in [-0.05, 0) is 57.4 Å². The standard InChI is InChI=1S/C24H33N5O/c1-8-10-11-18(9-2)21-16(4)24(30)29-23(26-21)22(17(5)27-29)25-20-13-12-19(28(6)7)14-15(20)3/h12-14,18H,8-11H2,1-7H3. The first kappa shape index (κ1) is 21.9. The van der Waals surface area contributed by atoms with Crippen molar-refractivity contribution >= 4 is 22.8 Å². The SMILES string of the molecule is CCCCC(CC)c1nc2n(c(=O)c1C)N=C(C)C2=Nc1ccc(N(C)C)cc1C. The van der Waals surface area contributed by atoms with Crippen molar-refractivity contribution < 1.29 is 0 Å². The molecule has 0 N–H and O–H groups in total. The number of fused-ring (bicyclic) bond motifs is 1. The van der Waals surface area contributed by atoms with E-state index in [1.165, 1.54) is 4.68 Å². The normalized spacial score (nSPS) is 15.3. The highest BCUT2D eigenvalue weighted by Gasteiger charge is 2.27. The first-order valence-corrected chi connectivity index (χ1v) is 10.8.